The molecule has 0 unspecified atom stereocenters. The van der Waals surface area contributed by atoms with Crippen molar-refractivity contribution in [2.75, 3.05) is 19.6 Å². The van der Waals surface area contributed by atoms with E-state index in [0.717, 1.165) is 13.0 Å². The monoisotopic (exact) mass is 170 g/mol. The van der Waals surface area contributed by atoms with Crippen molar-refractivity contribution in [3.63, 3.8) is 0 Å². The molecule has 0 bridgehead atoms. The zero-order valence-electron chi connectivity index (χ0n) is 8.21. The first-order chi connectivity index (χ1) is 5.58. The number of hydrogen-bond acceptors (Lipinski definition) is 2. The number of likely N-dealkylation sites (tertiary alicyclic amines) is 1. The molecule has 0 aromatic rings. The Balaban J connectivity index is 2.13. The molecule has 0 atom stereocenters. The molecule has 0 aliphatic carbocycles. The van der Waals surface area contributed by atoms with Crippen molar-refractivity contribution in [3.05, 3.63) is 6.42 Å². The molecule has 71 valence electrons. The van der Waals surface area contributed by atoms with Crippen molar-refractivity contribution in [1.82, 2.24) is 4.90 Å². The van der Waals surface area contributed by atoms with Gasteiger partial charge in [0, 0.05) is 6.54 Å². The van der Waals surface area contributed by atoms with Crippen LogP contribution in [0.4, 0.5) is 0 Å². The number of aliphatic hydroxyl groups is 1. The molecule has 1 fully saturated rings. The molecular weight excluding hydrogens is 150 g/mol. The lowest BCUT2D eigenvalue weighted by Gasteiger charge is -2.28. The quantitative estimate of drug-likeness (QED) is 0.693. The predicted molar refractivity (Wildman–Crippen MR) is 50.9 cm³/mol. The zero-order valence-corrected chi connectivity index (χ0v) is 8.21. The summed E-state index contributed by atoms with van der Waals surface area (Å²) < 4.78 is 0. The van der Waals surface area contributed by atoms with E-state index in [4.69, 9.17) is 0 Å². The Morgan fingerprint density at radius 1 is 1.33 bits per heavy atom. The second-order valence-corrected chi connectivity index (χ2v) is 4.27. The molecule has 1 radical (unpaired) electrons. The smallest absolute Gasteiger partial charge is 0.0603 e. The Labute approximate surface area is 75.6 Å². The first-order valence-corrected chi connectivity index (χ1v) is 4.84. The molecule has 1 heterocycles. The molecule has 2 heteroatoms. The largest absolute Gasteiger partial charge is 0.390 e. The molecule has 0 amide bonds. The average Bonchev–Trinajstić information content (AvgIpc) is 2.02. The summed E-state index contributed by atoms with van der Waals surface area (Å²) in [6, 6.07) is 0. The molecule has 2 nitrogen and oxygen atoms in total. The topological polar surface area (TPSA) is 23.5 Å². The molecule has 1 saturated heterocycles. The van der Waals surface area contributed by atoms with E-state index in [1.165, 1.54) is 25.9 Å². The van der Waals surface area contributed by atoms with Crippen LogP contribution in [0.25, 0.3) is 0 Å². The van der Waals surface area contributed by atoms with E-state index in [9.17, 15) is 5.11 Å². The van der Waals surface area contributed by atoms with Gasteiger partial charge >= 0.3 is 0 Å². The highest BCUT2D eigenvalue weighted by atomic mass is 16.3. The molecule has 0 aromatic carbocycles. The van der Waals surface area contributed by atoms with Crippen molar-refractivity contribution in [3.8, 4) is 0 Å². The van der Waals surface area contributed by atoms with Gasteiger partial charge in [0.15, 0.2) is 0 Å². The lowest BCUT2D eigenvalue weighted by molar-refractivity contribution is 0.0564. The number of nitrogens with zero attached hydrogens (tertiary/aromatic N) is 1. The van der Waals surface area contributed by atoms with Crippen LogP contribution in [-0.2, 0) is 0 Å². The van der Waals surface area contributed by atoms with E-state index in [2.05, 4.69) is 11.3 Å². The van der Waals surface area contributed by atoms with E-state index in [0.29, 0.717) is 0 Å². The standard InChI is InChI=1S/C10H20NO/c1-10(2,12)6-9-11-7-4-3-5-8-11/h3,12H,4-9H2,1-2H3. The summed E-state index contributed by atoms with van der Waals surface area (Å²) in [4.78, 5) is 2.43. The SMILES string of the molecule is CC(C)(O)CCN1CC[CH]CC1. The van der Waals surface area contributed by atoms with E-state index in [-0.39, 0.29) is 0 Å². The Hall–Kier alpha value is -0.0800. The lowest BCUT2D eigenvalue weighted by atomic mass is 10.0. The van der Waals surface area contributed by atoms with Crippen LogP contribution in [0.2, 0.25) is 0 Å². The molecule has 1 N–H and O–H groups in total. The van der Waals surface area contributed by atoms with Gasteiger partial charge in [-0.1, -0.05) is 0 Å². The zero-order chi connectivity index (χ0) is 9.03. The van der Waals surface area contributed by atoms with Crippen LogP contribution >= 0.6 is 0 Å². The summed E-state index contributed by atoms with van der Waals surface area (Å²) in [6.45, 7) is 7.15. The molecule has 0 aromatic heterocycles. The first kappa shape index (κ1) is 10.0. The molecule has 1 aliphatic heterocycles. The number of hydrogen-bond donors (Lipinski definition) is 1. The summed E-state index contributed by atoms with van der Waals surface area (Å²) in [5, 5.41) is 9.51. The summed E-state index contributed by atoms with van der Waals surface area (Å²) in [6.07, 6.45) is 5.66. The maximum atomic E-state index is 9.51. The molecule has 0 spiro atoms. The van der Waals surface area contributed by atoms with Crippen LogP contribution in [0.3, 0.4) is 0 Å². The van der Waals surface area contributed by atoms with Gasteiger partial charge in [0.05, 0.1) is 5.60 Å². The van der Waals surface area contributed by atoms with Crippen molar-refractivity contribution in [1.29, 1.82) is 0 Å². The maximum Gasteiger partial charge on any atom is 0.0603 e. The Kier molecular flexibility index (Phi) is 3.53. The third-order valence-corrected chi connectivity index (χ3v) is 2.34. The van der Waals surface area contributed by atoms with Crippen molar-refractivity contribution in [2.24, 2.45) is 0 Å². The molecule has 12 heavy (non-hydrogen) atoms. The predicted octanol–water partition coefficient (Wildman–Crippen LogP) is 1.45. The number of rotatable bonds is 3. The summed E-state index contributed by atoms with van der Waals surface area (Å²) in [7, 11) is 0. The maximum absolute atomic E-state index is 9.51. The normalized spacial score (nSPS) is 21.2. The Morgan fingerprint density at radius 2 is 1.92 bits per heavy atom. The van der Waals surface area contributed by atoms with Crippen LogP contribution in [0, 0.1) is 6.42 Å². The van der Waals surface area contributed by atoms with Crippen molar-refractivity contribution < 1.29 is 5.11 Å². The van der Waals surface area contributed by atoms with Crippen molar-refractivity contribution in [2.45, 2.75) is 38.7 Å². The Bertz CT molecular complexity index is 122. The van der Waals surface area contributed by atoms with E-state index in [1.807, 2.05) is 13.8 Å². The summed E-state index contributed by atoms with van der Waals surface area (Å²) >= 11 is 0. The fourth-order valence-corrected chi connectivity index (χ4v) is 1.46. The molecule has 1 rings (SSSR count). The second kappa shape index (κ2) is 4.24. The summed E-state index contributed by atoms with van der Waals surface area (Å²) in [5.41, 5.74) is -0.499. The van der Waals surface area contributed by atoms with Gasteiger partial charge in [-0.15, -0.1) is 0 Å². The van der Waals surface area contributed by atoms with Crippen LogP contribution in [0.15, 0.2) is 0 Å². The lowest BCUT2D eigenvalue weighted by Crippen LogP contribution is -2.34. The van der Waals surface area contributed by atoms with Gasteiger partial charge in [0.1, 0.15) is 0 Å². The highest BCUT2D eigenvalue weighted by Gasteiger charge is 2.16. The highest BCUT2D eigenvalue weighted by Crippen LogP contribution is 2.12. The number of piperidine rings is 1. The third kappa shape index (κ3) is 4.07. The Morgan fingerprint density at radius 3 is 2.42 bits per heavy atom. The fraction of sp³-hybridized carbons (Fsp3) is 0.900. The minimum Gasteiger partial charge on any atom is -0.390 e. The van der Waals surface area contributed by atoms with Gasteiger partial charge in [-0.25, -0.2) is 0 Å². The summed E-state index contributed by atoms with van der Waals surface area (Å²) in [5.74, 6) is 0. The van der Waals surface area contributed by atoms with Gasteiger partial charge in [-0.05, 0) is 52.6 Å². The third-order valence-electron chi connectivity index (χ3n) is 2.34. The van der Waals surface area contributed by atoms with Gasteiger partial charge in [0.2, 0.25) is 0 Å². The van der Waals surface area contributed by atoms with E-state index < -0.39 is 5.60 Å². The van der Waals surface area contributed by atoms with Crippen LogP contribution in [0.1, 0.15) is 33.1 Å². The molecule has 1 aliphatic rings. The van der Waals surface area contributed by atoms with Gasteiger partial charge in [-0.2, -0.15) is 0 Å². The van der Waals surface area contributed by atoms with Gasteiger partial charge in [-0.3, -0.25) is 0 Å². The first-order valence-electron chi connectivity index (χ1n) is 4.84. The minimum atomic E-state index is -0.499. The van der Waals surface area contributed by atoms with Crippen LogP contribution < -0.4 is 0 Å². The highest BCUT2D eigenvalue weighted by molar-refractivity contribution is 4.78. The molecular formula is C10H20NO. The fourth-order valence-electron chi connectivity index (χ4n) is 1.46. The van der Waals surface area contributed by atoms with Gasteiger partial charge in [0.25, 0.3) is 0 Å². The van der Waals surface area contributed by atoms with Crippen LogP contribution in [0.5, 0.6) is 0 Å². The van der Waals surface area contributed by atoms with Gasteiger partial charge < -0.3 is 10.0 Å². The minimum absolute atomic E-state index is 0.499. The van der Waals surface area contributed by atoms with Crippen LogP contribution in [-0.4, -0.2) is 35.2 Å². The second-order valence-electron chi connectivity index (χ2n) is 4.27. The van der Waals surface area contributed by atoms with E-state index >= 15 is 0 Å². The average molecular weight is 170 g/mol. The van der Waals surface area contributed by atoms with Crippen molar-refractivity contribution >= 4 is 0 Å². The molecule has 0 saturated carbocycles. The van der Waals surface area contributed by atoms with E-state index in [1.54, 1.807) is 0 Å².